The number of anilines is 2. The number of aryl methyl sites for hydroxylation is 1. The Labute approximate surface area is 164 Å². The molecule has 1 aliphatic heterocycles. The number of para-hydroxylation sites is 2. The van der Waals surface area contributed by atoms with Crippen LogP contribution in [0.15, 0.2) is 30.3 Å². The summed E-state index contributed by atoms with van der Waals surface area (Å²) in [4.78, 5) is 36.9. The molecule has 1 aliphatic rings. The molecule has 0 saturated carbocycles. The summed E-state index contributed by atoms with van der Waals surface area (Å²) < 4.78 is 5.56. The van der Waals surface area contributed by atoms with Crippen molar-refractivity contribution in [2.75, 3.05) is 43.0 Å². The number of amides is 2. The van der Waals surface area contributed by atoms with Gasteiger partial charge in [-0.2, -0.15) is 0 Å². The van der Waals surface area contributed by atoms with E-state index in [4.69, 9.17) is 4.74 Å². The van der Waals surface area contributed by atoms with Crippen molar-refractivity contribution in [3.05, 3.63) is 41.9 Å². The molecule has 1 fully saturated rings. The van der Waals surface area contributed by atoms with E-state index in [9.17, 15) is 9.59 Å². The molecule has 1 N–H and O–H groups in total. The van der Waals surface area contributed by atoms with Gasteiger partial charge in [0.25, 0.3) is 5.91 Å². The largest absolute Gasteiger partial charge is 0.492 e. The van der Waals surface area contributed by atoms with Gasteiger partial charge in [-0.1, -0.05) is 12.1 Å². The van der Waals surface area contributed by atoms with Crippen molar-refractivity contribution in [2.24, 2.45) is 0 Å². The van der Waals surface area contributed by atoms with Crippen LogP contribution < -0.4 is 15.0 Å². The van der Waals surface area contributed by atoms with Crippen molar-refractivity contribution >= 4 is 23.3 Å². The first-order chi connectivity index (χ1) is 13.5. The van der Waals surface area contributed by atoms with Gasteiger partial charge >= 0.3 is 0 Å². The number of hydrogen-bond donors (Lipinski definition) is 1. The quantitative estimate of drug-likeness (QED) is 0.851. The van der Waals surface area contributed by atoms with Crippen LogP contribution in [-0.2, 0) is 4.79 Å². The number of rotatable bonds is 5. The molecule has 0 bridgehead atoms. The van der Waals surface area contributed by atoms with E-state index in [2.05, 4.69) is 20.2 Å². The normalized spacial score (nSPS) is 14.0. The minimum absolute atomic E-state index is 0.0755. The van der Waals surface area contributed by atoms with Gasteiger partial charge < -0.3 is 19.9 Å². The lowest BCUT2D eigenvalue weighted by molar-refractivity contribution is -0.129. The van der Waals surface area contributed by atoms with E-state index < -0.39 is 0 Å². The highest BCUT2D eigenvalue weighted by atomic mass is 16.5. The molecule has 0 unspecified atom stereocenters. The molecule has 1 aromatic heterocycles. The summed E-state index contributed by atoms with van der Waals surface area (Å²) in [6.07, 6.45) is 0. The van der Waals surface area contributed by atoms with E-state index in [1.807, 2.05) is 30.0 Å². The highest BCUT2D eigenvalue weighted by Gasteiger charge is 2.21. The van der Waals surface area contributed by atoms with E-state index in [1.54, 1.807) is 26.0 Å². The predicted octanol–water partition coefficient (Wildman–Crippen LogP) is 2.10. The number of hydrogen-bond acceptors (Lipinski definition) is 6. The third-order valence-electron chi connectivity index (χ3n) is 4.54. The zero-order chi connectivity index (χ0) is 20.1. The summed E-state index contributed by atoms with van der Waals surface area (Å²) in [7, 11) is 0. The van der Waals surface area contributed by atoms with Gasteiger partial charge in [-0.3, -0.25) is 9.59 Å². The van der Waals surface area contributed by atoms with Gasteiger partial charge in [0, 0.05) is 39.2 Å². The zero-order valence-corrected chi connectivity index (χ0v) is 16.4. The van der Waals surface area contributed by atoms with Crippen LogP contribution in [0.2, 0.25) is 0 Å². The van der Waals surface area contributed by atoms with E-state index >= 15 is 0 Å². The maximum atomic E-state index is 12.8. The summed E-state index contributed by atoms with van der Waals surface area (Å²) in [5, 5.41) is 2.87. The fraction of sp³-hybridized carbons (Fsp3) is 0.400. The number of ether oxygens (including phenoxy) is 1. The number of carbonyl (C=O) groups is 2. The maximum Gasteiger partial charge on any atom is 0.274 e. The molecule has 0 aliphatic carbocycles. The summed E-state index contributed by atoms with van der Waals surface area (Å²) in [5.74, 6) is 1.59. The molecule has 0 spiro atoms. The van der Waals surface area contributed by atoms with Crippen LogP contribution in [0.5, 0.6) is 5.75 Å². The zero-order valence-electron chi connectivity index (χ0n) is 16.4. The van der Waals surface area contributed by atoms with Crippen molar-refractivity contribution < 1.29 is 14.3 Å². The third kappa shape index (κ3) is 4.57. The van der Waals surface area contributed by atoms with Crippen LogP contribution in [-0.4, -0.2) is 59.5 Å². The first kappa shape index (κ1) is 19.6. The molecule has 0 radical (unpaired) electrons. The Bertz CT molecular complexity index is 863. The molecule has 3 rings (SSSR count). The van der Waals surface area contributed by atoms with Gasteiger partial charge in [-0.25, -0.2) is 9.97 Å². The molecule has 2 heterocycles. The molecule has 28 heavy (non-hydrogen) atoms. The Kier molecular flexibility index (Phi) is 6.08. The Balaban J connectivity index is 1.76. The Hall–Kier alpha value is -3.16. The van der Waals surface area contributed by atoms with Gasteiger partial charge in [0.1, 0.15) is 23.1 Å². The Morgan fingerprint density at radius 2 is 1.86 bits per heavy atom. The lowest BCUT2D eigenvalue weighted by Gasteiger charge is -2.35. The second-order valence-electron chi connectivity index (χ2n) is 6.54. The topological polar surface area (TPSA) is 87.7 Å². The fourth-order valence-electron chi connectivity index (χ4n) is 3.12. The van der Waals surface area contributed by atoms with Gasteiger partial charge in [-0.15, -0.1) is 0 Å². The van der Waals surface area contributed by atoms with E-state index in [1.165, 1.54) is 0 Å². The minimum atomic E-state index is -0.318. The van der Waals surface area contributed by atoms with Crippen LogP contribution in [0.1, 0.15) is 30.2 Å². The Morgan fingerprint density at radius 1 is 1.14 bits per heavy atom. The summed E-state index contributed by atoms with van der Waals surface area (Å²) in [6.45, 7) is 8.37. The molecule has 2 amide bonds. The summed E-state index contributed by atoms with van der Waals surface area (Å²) in [6, 6.07) is 8.98. The summed E-state index contributed by atoms with van der Waals surface area (Å²) >= 11 is 0. The average Bonchev–Trinajstić information content (AvgIpc) is 2.69. The van der Waals surface area contributed by atoms with Crippen LogP contribution >= 0.6 is 0 Å². The van der Waals surface area contributed by atoms with Gasteiger partial charge in [0.05, 0.1) is 12.3 Å². The van der Waals surface area contributed by atoms with Gasteiger partial charge in [0.2, 0.25) is 5.91 Å². The van der Waals surface area contributed by atoms with Crippen LogP contribution in [0.4, 0.5) is 11.5 Å². The molecular weight excluding hydrogens is 358 g/mol. The van der Waals surface area contributed by atoms with E-state index in [0.717, 1.165) is 0 Å². The molecule has 8 heteroatoms. The van der Waals surface area contributed by atoms with Gasteiger partial charge in [-0.05, 0) is 26.0 Å². The fourth-order valence-corrected chi connectivity index (χ4v) is 3.12. The summed E-state index contributed by atoms with van der Waals surface area (Å²) in [5.41, 5.74) is 0.894. The van der Waals surface area contributed by atoms with Crippen LogP contribution in [0, 0.1) is 6.92 Å². The number of nitrogens with zero attached hydrogens (tertiary/aromatic N) is 4. The van der Waals surface area contributed by atoms with Crippen molar-refractivity contribution in [1.82, 2.24) is 14.9 Å². The van der Waals surface area contributed by atoms with Crippen molar-refractivity contribution in [3.63, 3.8) is 0 Å². The first-order valence-corrected chi connectivity index (χ1v) is 9.37. The van der Waals surface area contributed by atoms with Gasteiger partial charge in [0.15, 0.2) is 0 Å². The smallest absolute Gasteiger partial charge is 0.274 e. The van der Waals surface area contributed by atoms with Crippen LogP contribution in [0.3, 0.4) is 0 Å². The highest BCUT2D eigenvalue weighted by Crippen LogP contribution is 2.24. The molecule has 1 aromatic carbocycles. The van der Waals surface area contributed by atoms with E-state index in [-0.39, 0.29) is 11.8 Å². The maximum absolute atomic E-state index is 12.8. The monoisotopic (exact) mass is 383 g/mol. The second-order valence-corrected chi connectivity index (χ2v) is 6.54. The number of aromatic nitrogens is 2. The lowest BCUT2D eigenvalue weighted by Crippen LogP contribution is -2.48. The number of carbonyl (C=O) groups excluding carboxylic acids is 2. The molecular formula is C20H25N5O3. The highest BCUT2D eigenvalue weighted by molar-refractivity contribution is 6.04. The van der Waals surface area contributed by atoms with Crippen molar-refractivity contribution in [2.45, 2.75) is 20.8 Å². The molecule has 148 valence electrons. The second kappa shape index (κ2) is 8.69. The SMILES string of the molecule is CCOc1ccccc1NC(=O)c1cc(N2CCN(C(C)=O)CC2)nc(C)n1. The van der Waals surface area contributed by atoms with E-state index in [0.29, 0.717) is 61.6 Å². The molecule has 0 atom stereocenters. The molecule has 1 saturated heterocycles. The standard InChI is InChI=1S/C20H25N5O3/c1-4-28-18-8-6-5-7-16(18)23-20(27)17-13-19(22-14(2)21-17)25-11-9-24(10-12-25)15(3)26/h5-8,13H,4,9-12H2,1-3H3,(H,23,27). The third-order valence-corrected chi connectivity index (χ3v) is 4.54. The lowest BCUT2D eigenvalue weighted by atomic mass is 10.2. The Morgan fingerprint density at radius 3 is 2.54 bits per heavy atom. The minimum Gasteiger partial charge on any atom is -0.492 e. The number of benzene rings is 1. The number of piperazine rings is 1. The number of nitrogens with one attached hydrogen (secondary N) is 1. The predicted molar refractivity (Wildman–Crippen MR) is 107 cm³/mol. The molecule has 8 nitrogen and oxygen atoms in total. The van der Waals surface area contributed by atoms with Crippen LogP contribution in [0.25, 0.3) is 0 Å². The first-order valence-electron chi connectivity index (χ1n) is 9.37. The van der Waals surface area contributed by atoms with Crippen molar-refractivity contribution in [1.29, 1.82) is 0 Å². The average molecular weight is 383 g/mol. The molecule has 2 aromatic rings. The van der Waals surface area contributed by atoms with Crippen molar-refractivity contribution in [3.8, 4) is 5.75 Å².